The van der Waals surface area contributed by atoms with Crippen LogP contribution in [0.4, 0.5) is 18.9 Å². The van der Waals surface area contributed by atoms with Crippen molar-refractivity contribution in [2.45, 2.75) is 12.1 Å². The summed E-state index contributed by atoms with van der Waals surface area (Å²) in [5.74, 6) is -2.45. The number of phenols is 1. The Kier molecular flexibility index (Phi) is 4.60. The summed E-state index contributed by atoms with van der Waals surface area (Å²) in [5.41, 5.74) is 1.36. The Bertz CT molecular complexity index is 1060. The summed E-state index contributed by atoms with van der Waals surface area (Å²) in [6.45, 7) is 6.01. The highest BCUT2D eigenvalue weighted by Gasteiger charge is 2.41. The zero-order chi connectivity index (χ0) is 21.6. The predicted molar refractivity (Wildman–Crippen MR) is 100 cm³/mol. The van der Waals surface area contributed by atoms with E-state index in [9.17, 15) is 23.1 Å². The van der Waals surface area contributed by atoms with Crippen LogP contribution < -0.4 is 14.4 Å². The molecule has 6 nitrogen and oxygen atoms in total. The number of phenolic OH excluding ortho intramolecular Hbond substituents is 1. The van der Waals surface area contributed by atoms with E-state index in [4.69, 9.17) is 9.47 Å². The first-order valence-corrected chi connectivity index (χ1v) is 8.81. The van der Waals surface area contributed by atoms with Gasteiger partial charge >= 0.3 is 6.18 Å². The van der Waals surface area contributed by atoms with Crippen LogP contribution in [0.3, 0.4) is 0 Å². The van der Waals surface area contributed by atoms with E-state index in [0.717, 1.165) is 0 Å². The molecule has 2 heterocycles. The second kappa shape index (κ2) is 7.01. The first-order valence-electron chi connectivity index (χ1n) is 8.81. The summed E-state index contributed by atoms with van der Waals surface area (Å²) in [6, 6.07) is 9.68. The van der Waals surface area contributed by atoms with Crippen molar-refractivity contribution in [2.75, 3.05) is 18.2 Å². The van der Waals surface area contributed by atoms with Gasteiger partial charge in [0, 0.05) is 17.3 Å². The number of nitrogens with zero attached hydrogens (tertiary/aromatic N) is 1. The Labute approximate surface area is 169 Å². The number of carbonyl (C=O) groups is 1. The van der Waals surface area contributed by atoms with Crippen LogP contribution in [0.15, 0.2) is 61.1 Å². The Morgan fingerprint density at radius 3 is 2.53 bits per heavy atom. The van der Waals surface area contributed by atoms with E-state index < -0.39 is 23.8 Å². The van der Waals surface area contributed by atoms with E-state index in [0.29, 0.717) is 28.3 Å². The molecule has 156 valence electrons. The SMILES string of the molecule is C=C(CN1C(=O)C(c2cc3c(cc2O)OCO3)c2ccccc21)OC(=C)C(F)(F)F. The third-order valence-corrected chi connectivity index (χ3v) is 4.80. The minimum Gasteiger partial charge on any atom is -0.507 e. The van der Waals surface area contributed by atoms with Crippen molar-refractivity contribution in [3.8, 4) is 17.2 Å². The summed E-state index contributed by atoms with van der Waals surface area (Å²) >= 11 is 0. The van der Waals surface area contributed by atoms with Crippen molar-refractivity contribution in [3.63, 3.8) is 0 Å². The van der Waals surface area contributed by atoms with Gasteiger partial charge in [-0.2, -0.15) is 13.2 Å². The highest BCUT2D eigenvalue weighted by atomic mass is 19.4. The minimum atomic E-state index is -4.74. The number of aromatic hydroxyl groups is 1. The van der Waals surface area contributed by atoms with Gasteiger partial charge in [-0.25, -0.2) is 0 Å². The maximum absolute atomic E-state index is 13.2. The molecule has 30 heavy (non-hydrogen) atoms. The zero-order valence-corrected chi connectivity index (χ0v) is 15.5. The van der Waals surface area contributed by atoms with E-state index >= 15 is 0 Å². The molecule has 0 fully saturated rings. The molecule has 2 aliphatic rings. The largest absolute Gasteiger partial charge is 0.507 e. The quantitative estimate of drug-likeness (QED) is 0.736. The summed E-state index contributed by atoms with van der Waals surface area (Å²) in [4.78, 5) is 14.5. The monoisotopic (exact) mass is 419 g/mol. The highest BCUT2D eigenvalue weighted by Crippen LogP contribution is 2.47. The van der Waals surface area contributed by atoms with Crippen molar-refractivity contribution in [1.82, 2.24) is 0 Å². The molecule has 0 saturated carbocycles. The highest BCUT2D eigenvalue weighted by molar-refractivity contribution is 6.07. The molecule has 1 unspecified atom stereocenters. The number of hydrogen-bond donors (Lipinski definition) is 1. The van der Waals surface area contributed by atoms with E-state index in [1.807, 2.05) is 0 Å². The number of anilines is 1. The van der Waals surface area contributed by atoms with Crippen LogP contribution in [0, 0.1) is 0 Å². The fourth-order valence-electron chi connectivity index (χ4n) is 3.47. The Morgan fingerprint density at radius 2 is 1.83 bits per heavy atom. The number of para-hydroxylation sites is 1. The van der Waals surface area contributed by atoms with Gasteiger partial charge in [0.05, 0.1) is 12.5 Å². The maximum atomic E-state index is 13.2. The Hall–Kier alpha value is -3.62. The maximum Gasteiger partial charge on any atom is 0.448 e. The number of amides is 1. The van der Waals surface area contributed by atoms with E-state index in [1.54, 1.807) is 24.3 Å². The van der Waals surface area contributed by atoms with Gasteiger partial charge in [-0.3, -0.25) is 4.79 Å². The van der Waals surface area contributed by atoms with Crippen LogP contribution in [0.5, 0.6) is 17.2 Å². The number of fused-ring (bicyclic) bond motifs is 2. The second-order valence-electron chi connectivity index (χ2n) is 6.74. The average molecular weight is 419 g/mol. The van der Waals surface area contributed by atoms with E-state index in [2.05, 4.69) is 17.9 Å². The molecule has 2 aliphatic heterocycles. The van der Waals surface area contributed by atoms with E-state index in [-0.39, 0.29) is 24.8 Å². The molecule has 4 rings (SSSR count). The molecule has 1 N–H and O–H groups in total. The molecule has 0 bridgehead atoms. The fourth-order valence-corrected chi connectivity index (χ4v) is 3.47. The van der Waals surface area contributed by atoms with Crippen LogP contribution in [-0.2, 0) is 9.53 Å². The predicted octanol–water partition coefficient (Wildman–Crippen LogP) is 4.21. The lowest BCUT2D eigenvalue weighted by molar-refractivity contribution is -0.123. The van der Waals surface area contributed by atoms with Gasteiger partial charge in [0.2, 0.25) is 18.5 Å². The number of alkyl halides is 3. The van der Waals surface area contributed by atoms with Crippen molar-refractivity contribution in [1.29, 1.82) is 0 Å². The average Bonchev–Trinajstić information content (AvgIpc) is 3.23. The Morgan fingerprint density at radius 1 is 1.17 bits per heavy atom. The molecule has 0 radical (unpaired) electrons. The van der Waals surface area contributed by atoms with Gasteiger partial charge in [-0.1, -0.05) is 31.4 Å². The van der Waals surface area contributed by atoms with Gasteiger partial charge < -0.3 is 24.2 Å². The first kappa shape index (κ1) is 19.7. The van der Waals surface area contributed by atoms with Crippen molar-refractivity contribution >= 4 is 11.6 Å². The molecule has 0 saturated heterocycles. The number of allylic oxidation sites excluding steroid dienone is 1. The van der Waals surface area contributed by atoms with Crippen molar-refractivity contribution in [3.05, 3.63) is 72.2 Å². The van der Waals surface area contributed by atoms with Crippen LogP contribution in [-0.4, -0.2) is 30.5 Å². The molecule has 9 heteroatoms. The molecular weight excluding hydrogens is 403 g/mol. The normalized spacial score (nSPS) is 17.1. The number of benzene rings is 2. The lowest BCUT2D eigenvalue weighted by Crippen LogP contribution is -2.31. The number of halogens is 3. The van der Waals surface area contributed by atoms with Crippen LogP contribution in [0.2, 0.25) is 0 Å². The zero-order valence-electron chi connectivity index (χ0n) is 15.5. The summed E-state index contributed by atoms with van der Waals surface area (Å²) < 4.78 is 53.3. The van der Waals surface area contributed by atoms with Gasteiger partial charge in [0.15, 0.2) is 11.5 Å². The third-order valence-electron chi connectivity index (χ3n) is 4.80. The number of hydrogen-bond acceptors (Lipinski definition) is 5. The molecule has 2 aromatic rings. The third kappa shape index (κ3) is 3.32. The van der Waals surface area contributed by atoms with Crippen LogP contribution in [0.25, 0.3) is 0 Å². The lowest BCUT2D eigenvalue weighted by atomic mass is 9.91. The molecule has 1 atom stereocenters. The first-order chi connectivity index (χ1) is 14.2. The molecule has 0 spiro atoms. The van der Waals surface area contributed by atoms with Crippen LogP contribution >= 0.6 is 0 Å². The van der Waals surface area contributed by atoms with E-state index in [1.165, 1.54) is 17.0 Å². The molecular formula is C21H16F3NO5. The number of ether oxygens (including phenoxy) is 3. The van der Waals surface area contributed by atoms with Crippen molar-refractivity contribution in [2.24, 2.45) is 0 Å². The smallest absolute Gasteiger partial charge is 0.448 e. The molecule has 0 aliphatic carbocycles. The Balaban J connectivity index is 1.65. The van der Waals surface area contributed by atoms with Crippen molar-refractivity contribution < 1.29 is 37.3 Å². The number of carbonyl (C=O) groups excluding carboxylic acids is 1. The summed E-state index contributed by atoms with van der Waals surface area (Å²) in [5, 5.41) is 10.5. The lowest BCUT2D eigenvalue weighted by Gasteiger charge is -2.21. The topological polar surface area (TPSA) is 68.2 Å². The summed E-state index contributed by atoms with van der Waals surface area (Å²) in [7, 11) is 0. The standard InChI is InChI=1S/C21H16F3NO5/c1-11(30-12(2)21(22,23)24)9-25-15-6-4-3-5-13(15)19(20(25)27)14-7-17-18(8-16(14)26)29-10-28-17/h3-8,19,26H,1-2,9-10H2. The van der Waals surface area contributed by atoms with Crippen LogP contribution in [0.1, 0.15) is 17.0 Å². The van der Waals surface area contributed by atoms with Gasteiger partial charge in [-0.15, -0.1) is 0 Å². The minimum absolute atomic E-state index is 0.000192. The molecule has 0 aromatic heterocycles. The van der Waals surface area contributed by atoms with Gasteiger partial charge in [0.1, 0.15) is 11.5 Å². The molecule has 1 amide bonds. The summed E-state index contributed by atoms with van der Waals surface area (Å²) in [6.07, 6.45) is -4.74. The fraction of sp³-hybridized carbons (Fsp3) is 0.190. The number of rotatable bonds is 5. The second-order valence-corrected chi connectivity index (χ2v) is 6.74. The molecule has 2 aromatic carbocycles. The van der Waals surface area contributed by atoms with Gasteiger partial charge in [0.25, 0.3) is 0 Å². The van der Waals surface area contributed by atoms with Gasteiger partial charge in [-0.05, 0) is 17.7 Å².